The molecule has 1 atom stereocenters. The molecule has 0 bridgehead atoms. The number of amides is 1. The number of nitrogens with one attached hydrogen (secondary N) is 1. The van der Waals surface area contributed by atoms with Gasteiger partial charge in [-0.15, -0.1) is 0 Å². The summed E-state index contributed by atoms with van der Waals surface area (Å²) in [5, 5.41) is 15.5. The second-order valence-electron chi connectivity index (χ2n) is 4.51. The Morgan fingerprint density at radius 2 is 2.24 bits per heavy atom. The van der Waals surface area contributed by atoms with Gasteiger partial charge in [-0.2, -0.15) is 5.10 Å². The van der Waals surface area contributed by atoms with Crippen molar-refractivity contribution in [3.63, 3.8) is 0 Å². The van der Waals surface area contributed by atoms with Crippen molar-refractivity contribution in [2.45, 2.75) is 13.0 Å². The average Bonchev–Trinajstić information content (AvgIpc) is 3.02. The quantitative estimate of drug-likeness (QED) is 0.808. The van der Waals surface area contributed by atoms with E-state index < -0.39 is 17.9 Å². The van der Waals surface area contributed by atoms with Gasteiger partial charge in [0.1, 0.15) is 11.5 Å². The summed E-state index contributed by atoms with van der Waals surface area (Å²) in [5.41, 5.74) is 0.403. The number of hydrogen-bond donors (Lipinski definition) is 2. The predicted molar refractivity (Wildman–Crippen MR) is 74.2 cm³/mol. The zero-order valence-corrected chi connectivity index (χ0v) is 11.6. The molecule has 0 radical (unpaired) electrons. The number of carboxylic acids is 1. The molecule has 0 saturated carbocycles. The molecule has 2 rings (SSSR count). The topological polar surface area (TPSA) is 97.4 Å². The summed E-state index contributed by atoms with van der Waals surface area (Å²) >= 11 is 0. The first-order valence-corrected chi connectivity index (χ1v) is 6.22. The van der Waals surface area contributed by atoms with Crippen molar-refractivity contribution < 1.29 is 19.1 Å². The van der Waals surface area contributed by atoms with Crippen LogP contribution < -0.4 is 5.32 Å². The number of carbonyl (C=O) groups excluding carboxylic acids is 1. The minimum Gasteiger partial charge on any atom is -0.479 e. The molecule has 1 unspecified atom stereocenters. The minimum atomic E-state index is -1.15. The zero-order valence-electron chi connectivity index (χ0n) is 11.6. The van der Waals surface area contributed by atoms with Gasteiger partial charge < -0.3 is 14.8 Å². The molecular formula is C14H15N3O4. The van der Waals surface area contributed by atoms with E-state index in [0.29, 0.717) is 11.3 Å². The molecule has 110 valence electrons. The maximum atomic E-state index is 11.8. The van der Waals surface area contributed by atoms with Crippen LogP contribution in [-0.2, 0) is 16.6 Å². The van der Waals surface area contributed by atoms with Crippen LogP contribution in [0.5, 0.6) is 0 Å². The predicted octanol–water partition coefficient (Wildman–Crippen LogP) is 1.28. The Bertz CT molecular complexity index is 684. The highest BCUT2D eigenvalue weighted by Gasteiger charge is 2.22. The second-order valence-corrected chi connectivity index (χ2v) is 4.51. The first kappa shape index (κ1) is 14.6. The summed E-state index contributed by atoms with van der Waals surface area (Å²) in [7, 11) is 1.67. The number of aliphatic carboxylic acids is 1. The van der Waals surface area contributed by atoms with Gasteiger partial charge in [-0.05, 0) is 25.1 Å². The molecule has 2 aromatic rings. The van der Waals surface area contributed by atoms with Gasteiger partial charge in [-0.3, -0.25) is 9.48 Å². The highest BCUT2D eigenvalue weighted by molar-refractivity contribution is 5.94. The third kappa shape index (κ3) is 3.82. The van der Waals surface area contributed by atoms with Crippen molar-refractivity contribution >= 4 is 18.0 Å². The monoisotopic (exact) mass is 289 g/mol. The molecule has 0 saturated heterocycles. The summed E-state index contributed by atoms with van der Waals surface area (Å²) in [5.74, 6) is -0.427. The summed E-state index contributed by atoms with van der Waals surface area (Å²) in [6.07, 6.45) is 5.65. The maximum absolute atomic E-state index is 11.8. The third-order valence-corrected chi connectivity index (χ3v) is 2.75. The van der Waals surface area contributed by atoms with Crippen molar-refractivity contribution in [2.24, 2.45) is 7.05 Å². The van der Waals surface area contributed by atoms with Crippen molar-refractivity contribution in [3.05, 3.63) is 47.7 Å². The SMILES string of the molecule is Cc1ccc(/C=C/C(=O)NC(C(=O)O)c2cnn(C)c2)o1. The van der Waals surface area contributed by atoms with Crippen LogP contribution in [-0.4, -0.2) is 26.8 Å². The maximum Gasteiger partial charge on any atom is 0.331 e. The van der Waals surface area contributed by atoms with Crippen molar-refractivity contribution in [3.8, 4) is 0 Å². The van der Waals surface area contributed by atoms with Gasteiger partial charge in [0.2, 0.25) is 5.91 Å². The molecule has 1 amide bonds. The van der Waals surface area contributed by atoms with Crippen LogP contribution in [0.2, 0.25) is 0 Å². The number of rotatable bonds is 5. The second kappa shape index (κ2) is 6.08. The molecule has 2 N–H and O–H groups in total. The van der Waals surface area contributed by atoms with Crippen LogP contribution in [0.25, 0.3) is 6.08 Å². The Morgan fingerprint density at radius 1 is 1.48 bits per heavy atom. The van der Waals surface area contributed by atoms with Crippen LogP contribution in [0.1, 0.15) is 23.1 Å². The lowest BCUT2D eigenvalue weighted by Gasteiger charge is -2.10. The number of nitrogens with zero attached hydrogens (tertiary/aromatic N) is 2. The molecule has 0 fully saturated rings. The van der Waals surface area contributed by atoms with Gasteiger partial charge in [0.25, 0.3) is 0 Å². The fraction of sp³-hybridized carbons (Fsp3) is 0.214. The van der Waals surface area contributed by atoms with Gasteiger partial charge in [0, 0.05) is 24.9 Å². The van der Waals surface area contributed by atoms with E-state index in [9.17, 15) is 14.7 Å². The number of hydrogen-bond acceptors (Lipinski definition) is 4. The van der Waals surface area contributed by atoms with Crippen LogP contribution in [0.3, 0.4) is 0 Å². The van der Waals surface area contributed by atoms with E-state index in [0.717, 1.165) is 5.76 Å². The molecule has 2 heterocycles. The Morgan fingerprint density at radius 3 is 2.76 bits per heavy atom. The summed E-state index contributed by atoms with van der Waals surface area (Å²) in [4.78, 5) is 23.0. The van der Waals surface area contributed by atoms with Gasteiger partial charge in [0.15, 0.2) is 6.04 Å². The van der Waals surface area contributed by atoms with E-state index in [2.05, 4.69) is 10.4 Å². The van der Waals surface area contributed by atoms with Crippen molar-refractivity contribution in [1.82, 2.24) is 15.1 Å². The Hall–Kier alpha value is -2.83. The molecule has 0 spiro atoms. The standard InChI is InChI=1S/C14H15N3O4/c1-9-3-4-11(21-9)5-6-12(18)16-13(14(19)20)10-7-15-17(2)8-10/h3-8,13H,1-2H3,(H,16,18)(H,19,20)/b6-5+. The van der Waals surface area contributed by atoms with Crippen LogP contribution in [0.15, 0.2) is 35.0 Å². The number of carbonyl (C=O) groups is 2. The van der Waals surface area contributed by atoms with E-state index >= 15 is 0 Å². The molecule has 21 heavy (non-hydrogen) atoms. The molecular weight excluding hydrogens is 274 g/mol. The van der Waals surface area contributed by atoms with E-state index in [4.69, 9.17) is 4.42 Å². The van der Waals surface area contributed by atoms with E-state index in [-0.39, 0.29) is 0 Å². The van der Waals surface area contributed by atoms with Crippen molar-refractivity contribution in [2.75, 3.05) is 0 Å². The molecule has 0 aliphatic carbocycles. The van der Waals surface area contributed by atoms with Gasteiger partial charge in [-0.1, -0.05) is 0 Å². The van der Waals surface area contributed by atoms with Crippen LogP contribution >= 0.6 is 0 Å². The number of furan rings is 1. The molecule has 7 heteroatoms. The van der Waals surface area contributed by atoms with Gasteiger partial charge in [-0.25, -0.2) is 4.79 Å². The Labute approximate surface area is 120 Å². The van der Waals surface area contributed by atoms with Crippen LogP contribution in [0.4, 0.5) is 0 Å². The molecule has 0 aromatic carbocycles. The lowest BCUT2D eigenvalue weighted by atomic mass is 10.1. The fourth-order valence-electron chi connectivity index (χ4n) is 1.77. The first-order valence-electron chi connectivity index (χ1n) is 6.22. The summed E-state index contributed by atoms with van der Waals surface area (Å²) in [6, 6.07) is 2.34. The van der Waals surface area contributed by atoms with Crippen molar-refractivity contribution in [1.29, 1.82) is 0 Å². The van der Waals surface area contributed by atoms with Crippen LogP contribution in [0, 0.1) is 6.92 Å². The fourth-order valence-corrected chi connectivity index (χ4v) is 1.77. The summed E-state index contributed by atoms with van der Waals surface area (Å²) in [6.45, 7) is 1.79. The summed E-state index contributed by atoms with van der Waals surface area (Å²) < 4.78 is 6.75. The zero-order chi connectivity index (χ0) is 15.4. The lowest BCUT2D eigenvalue weighted by Crippen LogP contribution is -2.32. The van der Waals surface area contributed by atoms with E-state index in [1.807, 2.05) is 0 Å². The Kier molecular flexibility index (Phi) is 4.22. The Balaban J connectivity index is 2.05. The highest BCUT2D eigenvalue weighted by Crippen LogP contribution is 2.12. The van der Waals surface area contributed by atoms with E-state index in [1.54, 1.807) is 32.3 Å². The van der Waals surface area contributed by atoms with Gasteiger partial charge in [0.05, 0.1) is 6.20 Å². The average molecular weight is 289 g/mol. The smallest absolute Gasteiger partial charge is 0.331 e. The third-order valence-electron chi connectivity index (χ3n) is 2.75. The minimum absolute atomic E-state index is 0.403. The number of aryl methyl sites for hydroxylation is 2. The highest BCUT2D eigenvalue weighted by atomic mass is 16.4. The molecule has 2 aromatic heterocycles. The molecule has 0 aliphatic rings. The normalized spacial score (nSPS) is 12.5. The van der Waals surface area contributed by atoms with E-state index in [1.165, 1.54) is 23.0 Å². The first-order chi connectivity index (χ1) is 9.95. The lowest BCUT2D eigenvalue weighted by molar-refractivity contribution is -0.141. The largest absolute Gasteiger partial charge is 0.479 e. The number of carboxylic acid groups (broad SMARTS) is 1. The molecule has 0 aliphatic heterocycles. The van der Waals surface area contributed by atoms with Gasteiger partial charge >= 0.3 is 5.97 Å². The molecule has 7 nitrogen and oxygen atoms in total. The number of aromatic nitrogens is 2.